The predicted octanol–water partition coefficient (Wildman–Crippen LogP) is 0.969. The maximum absolute atomic E-state index is 8.89. The van der Waals surface area contributed by atoms with E-state index in [2.05, 4.69) is 6.92 Å². The van der Waals surface area contributed by atoms with Crippen molar-refractivity contribution in [3.05, 3.63) is 6.92 Å². The lowest BCUT2D eigenvalue weighted by Gasteiger charge is -2.13. The van der Waals surface area contributed by atoms with Crippen molar-refractivity contribution >= 4 is 11.8 Å². The molecular weight excluding hydrogens is 160 g/mol. The van der Waals surface area contributed by atoms with Crippen LogP contribution >= 0.6 is 11.8 Å². The van der Waals surface area contributed by atoms with Crippen molar-refractivity contribution in [3.8, 4) is 0 Å². The van der Waals surface area contributed by atoms with Crippen molar-refractivity contribution < 1.29 is 9.84 Å². The average molecular weight is 174 g/mol. The molecule has 0 aromatic heterocycles. The summed E-state index contributed by atoms with van der Waals surface area (Å²) in [5, 5.41) is 9.28. The van der Waals surface area contributed by atoms with E-state index in [4.69, 9.17) is 16.8 Å². The number of hydrogen-bond donors (Lipinski definition) is 1. The topological polar surface area (TPSA) is 29.5 Å². The monoisotopic (exact) mass is 174 g/mol. The first kappa shape index (κ1) is 9.36. The molecule has 0 bridgehead atoms. The molecule has 0 saturated carbocycles. The first-order valence-electron chi connectivity index (χ1n) is 3.91. The fraction of sp³-hybridized carbons (Fsp3) is 0.875. The van der Waals surface area contributed by atoms with E-state index in [-0.39, 0.29) is 18.8 Å². The number of ether oxygens (including phenoxy) is 1. The molecule has 1 N–H and O–H groups in total. The second-order valence-corrected chi connectivity index (χ2v) is 4.14. The van der Waals surface area contributed by atoms with Gasteiger partial charge in [0.1, 0.15) is 0 Å². The standard InChI is InChI=1S/C8H14O2S/c1-3-11-8-4-6(2)10-7(8)5-9/h2,6-9H,3-5H2,1H3/t6?,7-,8-/m1/s1. The Morgan fingerprint density at radius 2 is 2.45 bits per heavy atom. The molecule has 64 valence electrons. The van der Waals surface area contributed by atoms with E-state index in [1.807, 2.05) is 11.8 Å². The van der Waals surface area contributed by atoms with E-state index in [1.54, 1.807) is 0 Å². The fourth-order valence-corrected chi connectivity index (χ4v) is 2.42. The van der Waals surface area contributed by atoms with Crippen LogP contribution in [0.3, 0.4) is 0 Å². The maximum Gasteiger partial charge on any atom is 0.0928 e. The van der Waals surface area contributed by atoms with E-state index < -0.39 is 0 Å². The summed E-state index contributed by atoms with van der Waals surface area (Å²) in [5.74, 6) is 1.05. The summed E-state index contributed by atoms with van der Waals surface area (Å²) in [5.41, 5.74) is 0. The van der Waals surface area contributed by atoms with Crippen molar-refractivity contribution in [1.82, 2.24) is 0 Å². The molecule has 1 aliphatic heterocycles. The van der Waals surface area contributed by atoms with Crippen molar-refractivity contribution in [3.63, 3.8) is 0 Å². The molecular formula is C8H14O2S. The summed E-state index contributed by atoms with van der Waals surface area (Å²) in [6, 6.07) is 0. The largest absolute Gasteiger partial charge is 0.394 e. The highest BCUT2D eigenvalue weighted by Crippen LogP contribution is 2.29. The molecule has 3 atom stereocenters. The minimum absolute atomic E-state index is 0.0463. The average Bonchev–Trinajstić information content (AvgIpc) is 2.32. The van der Waals surface area contributed by atoms with Crippen LogP contribution in [0.1, 0.15) is 13.3 Å². The highest BCUT2D eigenvalue weighted by atomic mass is 32.2. The van der Waals surface area contributed by atoms with Gasteiger partial charge in [0.25, 0.3) is 0 Å². The Labute approximate surface area is 72.3 Å². The lowest BCUT2D eigenvalue weighted by molar-refractivity contribution is 0.0315. The third-order valence-corrected chi connectivity index (χ3v) is 3.05. The molecule has 3 heteroatoms. The Morgan fingerprint density at radius 3 is 3.00 bits per heavy atom. The fourth-order valence-electron chi connectivity index (χ4n) is 1.30. The molecule has 1 heterocycles. The van der Waals surface area contributed by atoms with Gasteiger partial charge in [-0.05, 0) is 19.1 Å². The van der Waals surface area contributed by atoms with Crippen LogP contribution < -0.4 is 0 Å². The lowest BCUT2D eigenvalue weighted by Crippen LogP contribution is -2.22. The minimum Gasteiger partial charge on any atom is -0.394 e. The zero-order valence-corrected chi connectivity index (χ0v) is 7.51. The van der Waals surface area contributed by atoms with E-state index in [0.29, 0.717) is 5.25 Å². The van der Waals surface area contributed by atoms with Gasteiger partial charge in [0.2, 0.25) is 0 Å². The van der Waals surface area contributed by atoms with Gasteiger partial charge in [-0.1, -0.05) is 6.92 Å². The van der Waals surface area contributed by atoms with E-state index >= 15 is 0 Å². The Kier molecular flexibility index (Phi) is 3.69. The van der Waals surface area contributed by atoms with Gasteiger partial charge in [0.05, 0.1) is 18.8 Å². The van der Waals surface area contributed by atoms with Crippen LogP contribution in [0, 0.1) is 6.92 Å². The molecule has 11 heavy (non-hydrogen) atoms. The molecule has 1 fully saturated rings. The van der Waals surface area contributed by atoms with Crippen LogP contribution in [0.15, 0.2) is 0 Å². The normalized spacial score (nSPS) is 37.9. The van der Waals surface area contributed by atoms with Crippen molar-refractivity contribution in [2.24, 2.45) is 0 Å². The van der Waals surface area contributed by atoms with Crippen LogP contribution in [0.2, 0.25) is 0 Å². The maximum atomic E-state index is 8.89. The molecule has 1 rings (SSSR count). The quantitative estimate of drug-likeness (QED) is 0.691. The first-order chi connectivity index (χ1) is 5.27. The summed E-state index contributed by atoms with van der Waals surface area (Å²) < 4.78 is 5.28. The molecule has 1 aliphatic rings. The summed E-state index contributed by atoms with van der Waals surface area (Å²) in [6.07, 6.45) is 0.648. The third kappa shape index (κ3) is 2.36. The number of hydrogen-bond acceptors (Lipinski definition) is 3. The highest BCUT2D eigenvalue weighted by molar-refractivity contribution is 7.99. The number of aliphatic hydroxyl groups is 1. The molecule has 1 saturated heterocycles. The predicted molar refractivity (Wildman–Crippen MR) is 46.6 cm³/mol. The van der Waals surface area contributed by atoms with Gasteiger partial charge < -0.3 is 9.84 Å². The number of thioether (sulfide) groups is 1. The first-order valence-corrected chi connectivity index (χ1v) is 4.96. The van der Waals surface area contributed by atoms with Crippen molar-refractivity contribution in [2.75, 3.05) is 12.4 Å². The van der Waals surface area contributed by atoms with Crippen molar-refractivity contribution in [1.29, 1.82) is 0 Å². The van der Waals surface area contributed by atoms with Crippen LogP contribution in [-0.4, -0.2) is 34.9 Å². The molecule has 1 unspecified atom stereocenters. The van der Waals surface area contributed by atoms with Crippen LogP contribution in [0.5, 0.6) is 0 Å². The van der Waals surface area contributed by atoms with Crippen LogP contribution in [0.25, 0.3) is 0 Å². The van der Waals surface area contributed by atoms with Gasteiger partial charge in [0, 0.05) is 5.25 Å². The van der Waals surface area contributed by atoms with E-state index in [0.717, 1.165) is 12.2 Å². The Balaban J connectivity index is 2.37. The SMILES string of the molecule is [CH]C1C[C@@H](SCC)[C@@H](CO)O1. The molecule has 0 aromatic carbocycles. The molecule has 0 amide bonds. The minimum atomic E-state index is -0.170. The zero-order chi connectivity index (χ0) is 8.27. The Morgan fingerprint density at radius 1 is 1.73 bits per heavy atom. The third-order valence-electron chi connectivity index (χ3n) is 1.79. The molecule has 2 radical (unpaired) electrons. The highest BCUT2D eigenvalue weighted by Gasteiger charge is 2.32. The lowest BCUT2D eigenvalue weighted by atomic mass is 10.2. The summed E-state index contributed by atoms with van der Waals surface area (Å²) in [7, 11) is 0. The molecule has 2 nitrogen and oxygen atoms in total. The van der Waals surface area contributed by atoms with Gasteiger partial charge in [-0.2, -0.15) is 11.8 Å². The summed E-state index contributed by atoms with van der Waals surface area (Å²) in [4.78, 5) is 0. The summed E-state index contributed by atoms with van der Waals surface area (Å²) in [6.45, 7) is 7.76. The molecule has 0 aromatic rings. The number of aliphatic hydroxyl groups excluding tert-OH is 1. The number of rotatable bonds is 3. The van der Waals surface area contributed by atoms with Crippen molar-refractivity contribution in [2.45, 2.75) is 30.8 Å². The molecule has 0 spiro atoms. The second-order valence-electron chi connectivity index (χ2n) is 2.63. The van der Waals surface area contributed by atoms with Crippen LogP contribution in [-0.2, 0) is 4.74 Å². The van der Waals surface area contributed by atoms with Gasteiger partial charge in [-0.3, -0.25) is 0 Å². The van der Waals surface area contributed by atoms with Gasteiger partial charge >= 0.3 is 0 Å². The van der Waals surface area contributed by atoms with Gasteiger partial charge in [-0.25, -0.2) is 0 Å². The van der Waals surface area contributed by atoms with E-state index in [1.165, 1.54) is 0 Å². The van der Waals surface area contributed by atoms with Gasteiger partial charge in [-0.15, -0.1) is 0 Å². The molecule has 0 aliphatic carbocycles. The zero-order valence-electron chi connectivity index (χ0n) is 6.69. The summed E-state index contributed by atoms with van der Waals surface area (Å²) >= 11 is 1.81. The Hall–Kier alpha value is 0.270. The Bertz CT molecular complexity index is 119. The smallest absolute Gasteiger partial charge is 0.0928 e. The van der Waals surface area contributed by atoms with E-state index in [9.17, 15) is 0 Å². The second kappa shape index (κ2) is 4.33. The van der Waals surface area contributed by atoms with Gasteiger partial charge in [0.15, 0.2) is 0 Å². The van der Waals surface area contributed by atoms with Crippen LogP contribution in [0.4, 0.5) is 0 Å².